The van der Waals surface area contributed by atoms with Crippen molar-refractivity contribution >= 4 is 16.1 Å². The minimum absolute atomic E-state index is 0.128. The SMILES string of the molecule is CCCCCCCC/C=C(/CCCCCCCC(=O)OCC(C)CC)S(=O)(=O)O. The predicted octanol–water partition coefficient (Wildman–Crippen LogP) is 6.83. The summed E-state index contributed by atoms with van der Waals surface area (Å²) in [7, 11) is -4.09. The van der Waals surface area contributed by atoms with E-state index in [9.17, 15) is 17.8 Å². The minimum Gasteiger partial charge on any atom is -0.465 e. The van der Waals surface area contributed by atoms with E-state index in [1.807, 2.05) is 0 Å². The molecule has 0 fully saturated rings. The van der Waals surface area contributed by atoms with E-state index in [1.54, 1.807) is 6.08 Å². The van der Waals surface area contributed by atoms with Gasteiger partial charge in [0.05, 0.1) is 11.5 Å². The van der Waals surface area contributed by atoms with Gasteiger partial charge in [0, 0.05) is 6.42 Å². The molecule has 29 heavy (non-hydrogen) atoms. The summed E-state index contributed by atoms with van der Waals surface area (Å²) in [6.45, 7) is 6.83. The van der Waals surface area contributed by atoms with Gasteiger partial charge >= 0.3 is 5.97 Å². The van der Waals surface area contributed by atoms with Gasteiger partial charge in [-0.3, -0.25) is 9.35 Å². The zero-order valence-corrected chi connectivity index (χ0v) is 19.8. The lowest BCUT2D eigenvalue weighted by atomic mass is 10.1. The second kappa shape index (κ2) is 17.9. The molecular weight excluding hydrogens is 388 g/mol. The quantitative estimate of drug-likeness (QED) is 0.137. The largest absolute Gasteiger partial charge is 0.465 e. The topological polar surface area (TPSA) is 80.7 Å². The summed E-state index contributed by atoms with van der Waals surface area (Å²) in [5, 5.41) is 0. The number of hydrogen-bond donors (Lipinski definition) is 1. The van der Waals surface area contributed by atoms with Crippen LogP contribution in [0.15, 0.2) is 11.0 Å². The van der Waals surface area contributed by atoms with Gasteiger partial charge in [-0.2, -0.15) is 8.42 Å². The van der Waals surface area contributed by atoms with Crippen LogP contribution in [0.3, 0.4) is 0 Å². The Balaban J connectivity index is 3.89. The van der Waals surface area contributed by atoms with Crippen LogP contribution in [0.4, 0.5) is 0 Å². The summed E-state index contributed by atoms with van der Waals surface area (Å²) in [5.74, 6) is 0.279. The van der Waals surface area contributed by atoms with Gasteiger partial charge in [-0.25, -0.2) is 0 Å². The van der Waals surface area contributed by atoms with E-state index in [-0.39, 0.29) is 10.9 Å². The van der Waals surface area contributed by atoms with Gasteiger partial charge in [-0.1, -0.05) is 84.6 Å². The maximum atomic E-state index is 11.6. The van der Waals surface area contributed by atoms with E-state index in [2.05, 4.69) is 20.8 Å². The number of carbonyl (C=O) groups excluding carboxylic acids is 1. The predicted molar refractivity (Wildman–Crippen MR) is 120 cm³/mol. The molecule has 1 unspecified atom stereocenters. The molecule has 0 rings (SSSR count). The lowest BCUT2D eigenvalue weighted by molar-refractivity contribution is -0.145. The monoisotopic (exact) mass is 432 g/mol. The van der Waals surface area contributed by atoms with Crippen LogP contribution in [0.1, 0.15) is 117 Å². The summed E-state index contributed by atoms with van der Waals surface area (Å²) < 4.78 is 37.7. The molecule has 5 nitrogen and oxygen atoms in total. The number of allylic oxidation sites excluding steroid dienone is 2. The molecule has 0 aromatic heterocycles. The van der Waals surface area contributed by atoms with Crippen LogP contribution in [0.25, 0.3) is 0 Å². The second-order valence-electron chi connectivity index (χ2n) is 8.17. The molecule has 1 N–H and O–H groups in total. The zero-order chi connectivity index (χ0) is 22.0. The summed E-state index contributed by atoms with van der Waals surface area (Å²) in [6, 6.07) is 0. The average molecular weight is 433 g/mol. The Bertz CT molecular complexity index is 539. The molecule has 172 valence electrons. The number of unbranched alkanes of at least 4 members (excludes halogenated alkanes) is 10. The molecule has 0 aromatic rings. The highest BCUT2D eigenvalue weighted by molar-refractivity contribution is 7.89. The van der Waals surface area contributed by atoms with Gasteiger partial charge in [0.15, 0.2) is 0 Å². The van der Waals surface area contributed by atoms with E-state index in [0.717, 1.165) is 51.4 Å². The molecule has 0 bridgehead atoms. The first kappa shape index (κ1) is 28.1. The maximum Gasteiger partial charge on any atom is 0.305 e. The number of rotatable bonds is 19. The Morgan fingerprint density at radius 2 is 1.45 bits per heavy atom. The highest BCUT2D eigenvalue weighted by Crippen LogP contribution is 2.18. The third-order valence-corrected chi connectivity index (χ3v) is 6.32. The highest BCUT2D eigenvalue weighted by atomic mass is 32.2. The van der Waals surface area contributed by atoms with Crippen molar-refractivity contribution in [1.29, 1.82) is 0 Å². The van der Waals surface area contributed by atoms with E-state index in [1.165, 1.54) is 25.7 Å². The Morgan fingerprint density at radius 1 is 0.897 bits per heavy atom. The van der Waals surface area contributed by atoms with Crippen molar-refractivity contribution < 1.29 is 22.5 Å². The van der Waals surface area contributed by atoms with Gasteiger partial charge < -0.3 is 4.74 Å². The summed E-state index contributed by atoms with van der Waals surface area (Å²) in [5.41, 5.74) is 0. The van der Waals surface area contributed by atoms with E-state index < -0.39 is 10.1 Å². The Labute approximate surface area is 179 Å². The van der Waals surface area contributed by atoms with Crippen molar-refractivity contribution in [2.24, 2.45) is 5.92 Å². The number of hydrogen-bond acceptors (Lipinski definition) is 4. The van der Waals surface area contributed by atoms with Crippen LogP contribution in [-0.4, -0.2) is 25.5 Å². The Morgan fingerprint density at radius 3 is 2.03 bits per heavy atom. The van der Waals surface area contributed by atoms with Crippen LogP contribution in [0.5, 0.6) is 0 Å². The van der Waals surface area contributed by atoms with Crippen LogP contribution in [0, 0.1) is 5.92 Å². The average Bonchev–Trinajstić information content (AvgIpc) is 2.67. The summed E-state index contributed by atoms with van der Waals surface area (Å²) >= 11 is 0. The molecule has 1 atom stereocenters. The fourth-order valence-electron chi connectivity index (χ4n) is 3.05. The Kier molecular flexibility index (Phi) is 17.4. The Hall–Kier alpha value is -0.880. The number of esters is 1. The van der Waals surface area contributed by atoms with Gasteiger partial charge in [0.1, 0.15) is 0 Å². The summed E-state index contributed by atoms with van der Waals surface area (Å²) in [4.78, 5) is 11.8. The third kappa shape index (κ3) is 17.7. The number of ether oxygens (including phenoxy) is 1. The molecule has 0 aliphatic heterocycles. The fourth-order valence-corrected chi connectivity index (χ4v) is 3.78. The van der Waals surface area contributed by atoms with Gasteiger partial charge in [0.25, 0.3) is 10.1 Å². The van der Waals surface area contributed by atoms with Crippen LogP contribution >= 0.6 is 0 Å². The standard InChI is InChI=1S/C23H44O5S/c1-4-6-7-8-9-11-14-17-22(29(25,26)27)18-15-12-10-13-16-19-23(24)28-20-21(3)5-2/h17,21H,4-16,18-20H2,1-3H3,(H,25,26,27)/b22-17-. The van der Waals surface area contributed by atoms with Gasteiger partial charge in [-0.05, 0) is 38.0 Å². The van der Waals surface area contributed by atoms with Crippen molar-refractivity contribution in [2.75, 3.05) is 6.61 Å². The lowest BCUT2D eigenvalue weighted by Gasteiger charge is -2.09. The minimum atomic E-state index is -4.09. The van der Waals surface area contributed by atoms with E-state index in [4.69, 9.17) is 4.74 Å². The van der Waals surface area contributed by atoms with Crippen molar-refractivity contribution in [3.63, 3.8) is 0 Å². The third-order valence-electron chi connectivity index (χ3n) is 5.29. The second-order valence-corrected chi connectivity index (χ2v) is 9.64. The fraction of sp³-hybridized carbons (Fsp3) is 0.870. The molecule has 0 spiro atoms. The first-order chi connectivity index (χ1) is 13.8. The van der Waals surface area contributed by atoms with E-state index >= 15 is 0 Å². The maximum absolute atomic E-state index is 11.6. The van der Waals surface area contributed by atoms with Crippen LogP contribution in [0.2, 0.25) is 0 Å². The molecule has 0 radical (unpaired) electrons. The van der Waals surface area contributed by atoms with Crippen LogP contribution < -0.4 is 0 Å². The molecule has 0 amide bonds. The summed E-state index contributed by atoms with van der Waals surface area (Å²) in [6.07, 6.45) is 15.5. The van der Waals surface area contributed by atoms with Crippen LogP contribution in [-0.2, 0) is 19.6 Å². The molecule has 0 aliphatic rings. The molecule has 0 saturated heterocycles. The molecule has 6 heteroatoms. The van der Waals surface area contributed by atoms with Crippen molar-refractivity contribution in [1.82, 2.24) is 0 Å². The van der Waals surface area contributed by atoms with E-state index in [0.29, 0.717) is 31.8 Å². The first-order valence-electron chi connectivity index (χ1n) is 11.6. The molecule has 0 heterocycles. The number of carbonyl (C=O) groups is 1. The normalized spacial score (nSPS) is 13.4. The smallest absolute Gasteiger partial charge is 0.305 e. The molecular formula is C23H44O5S. The van der Waals surface area contributed by atoms with Gasteiger partial charge in [0.2, 0.25) is 0 Å². The zero-order valence-electron chi connectivity index (χ0n) is 19.0. The van der Waals surface area contributed by atoms with Crippen molar-refractivity contribution in [2.45, 2.75) is 117 Å². The molecule has 0 aliphatic carbocycles. The van der Waals surface area contributed by atoms with Gasteiger partial charge in [-0.15, -0.1) is 0 Å². The van der Waals surface area contributed by atoms with Crippen molar-refractivity contribution in [3.8, 4) is 0 Å². The first-order valence-corrected chi connectivity index (χ1v) is 13.1. The molecule has 0 saturated carbocycles. The van der Waals surface area contributed by atoms with Crippen molar-refractivity contribution in [3.05, 3.63) is 11.0 Å². The molecule has 0 aromatic carbocycles. The highest BCUT2D eigenvalue weighted by Gasteiger charge is 2.13. The lowest BCUT2D eigenvalue weighted by Crippen LogP contribution is -2.11.